The maximum atomic E-state index is 12.2. The van der Waals surface area contributed by atoms with Gasteiger partial charge in [-0.15, -0.1) is 0 Å². The summed E-state index contributed by atoms with van der Waals surface area (Å²) in [6.07, 6.45) is 1.65. The molecule has 20 heavy (non-hydrogen) atoms. The fourth-order valence-corrected chi connectivity index (χ4v) is 3.17. The van der Waals surface area contributed by atoms with Gasteiger partial charge in [-0.1, -0.05) is 47.7 Å². The molecule has 1 amide bonds. The highest BCUT2D eigenvalue weighted by Gasteiger charge is 2.35. The van der Waals surface area contributed by atoms with Crippen molar-refractivity contribution >= 4 is 57.9 Å². The number of amides is 1. The molecule has 2 rings (SSSR count). The van der Waals surface area contributed by atoms with Crippen LogP contribution in [0.25, 0.3) is 6.08 Å². The largest absolute Gasteiger partial charge is 0.548 e. The van der Waals surface area contributed by atoms with Crippen molar-refractivity contribution in [3.63, 3.8) is 0 Å². The molecule has 1 saturated heterocycles. The number of nitrogens with zero attached hydrogens (tertiary/aromatic N) is 1. The second-order valence-electron chi connectivity index (χ2n) is 4.10. The van der Waals surface area contributed by atoms with Crippen LogP contribution in [0, 0.1) is 0 Å². The van der Waals surface area contributed by atoms with Crippen molar-refractivity contribution in [3.05, 3.63) is 39.8 Å². The van der Waals surface area contributed by atoms with Gasteiger partial charge in [-0.3, -0.25) is 9.69 Å². The highest BCUT2D eigenvalue weighted by molar-refractivity contribution is 8.26. The molecule has 0 unspecified atom stereocenters. The van der Waals surface area contributed by atoms with Crippen LogP contribution in [0.5, 0.6) is 0 Å². The zero-order valence-corrected chi connectivity index (χ0v) is 12.7. The van der Waals surface area contributed by atoms with E-state index in [2.05, 4.69) is 0 Å². The average molecular weight is 327 g/mol. The summed E-state index contributed by atoms with van der Waals surface area (Å²) in [5, 5.41) is 11.5. The van der Waals surface area contributed by atoms with E-state index in [9.17, 15) is 14.7 Å². The van der Waals surface area contributed by atoms with Crippen LogP contribution in [0.3, 0.4) is 0 Å². The van der Waals surface area contributed by atoms with Crippen LogP contribution in [0.15, 0.2) is 29.2 Å². The molecular formula is C13H9ClNO3S2-. The lowest BCUT2D eigenvalue weighted by Gasteiger charge is -2.23. The first-order valence-corrected chi connectivity index (χ1v) is 7.24. The SMILES string of the molecule is C[C@H](C(=O)[O-])N1C(=O)/C(=C\c2ccc(Cl)cc2)SC1=S. The molecule has 4 nitrogen and oxygen atoms in total. The van der Waals surface area contributed by atoms with Crippen LogP contribution in [0.2, 0.25) is 5.02 Å². The van der Waals surface area contributed by atoms with Crippen molar-refractivity contribution in [3.8, 4) is 0 Å². The van der Waals surface area contributed by atoms with Crippen molar-refractivity contribution in [1.82, 2.24) is 4.90 Å². The number of hydrogen-bond donors (Lipinski definition) is 0. The summed E-state index contributed by atoms with van der Waals surface area (Å²) in [6.45, 7) is 1.37. The van der Waals surface area contributed by atoms with Gasteiger partial charge in [0.25, 0.3) is 5.91 Å². The first kappa shape index (κ1) is 15.0. The van der Waals surface area contributed by atoms with E-state index in [1.807, 2.05) is 0 Å². The lowest BCUT2D eigenvalue weighted by atomic mass is 10.2. The summed E-state index contributed by atoms with van der Waals surface area (Å²) in [5.41, 5.74) is 0.788. The van der Waals surface area contributed by atoms with E-state index in [0.29, 0.717) is 9.93 Å². The Morgan fingerprint density at radius 2 is 2.05 bits per heavy atom. The number of carbonyl (C=O) groups excluding carboxylic acids is 2. The normalized spacial score (nSPS) is 18.7. The minimum Gasteiger partial charge on any atom is -0.548 e. The molecule has 1 fully saturated rings. The summed E-state index contributed by atoms with van der Waals surface area (Å²) >= 11 is 11.9. The third kappa shape index (κ3) is 3.03. The Morgan fingerprint density at radius 3 is 2.60 bits per heavy atom. The molecule has 1 aromatic rings. The Bertz CT molecular complexity index is 613. The Hall–Kier alpha value is -1.37. The third-order valence-electron chi connectivity index (χ3n) is 2.72. The van der Waals surface area contributed by atoms with Gasteiger partial charge in [-0.25, -0.2) is 0 Å². The Morgan fingerprint density at radius 1 is 1.45 bits per heavy atom. The van der Waals surface area contributed by atoms with E-state index in [1.165, 1.54) is 6.92 Å². The first-order valence-electron chi connectivity index (χ1n) is 5.63. The summed E-state index contributed by atoms with van der Waals surface area (Å²) in [4.78, 5) is 24.5. The Kier molecular flexibility index (Phi) is 4.47. The molecule has 0 saturated carbocycles. The van der Waals surface area contributed by atoms with Gasteiger partial charge in [0.1, 0.15) is 4.32 Å². The highest BCUT2D eigenvalue weighted by atomic mass is 35.5. The Labute approximate surface area is 130 Å². The molecule has 7 heteroatoms. The fraction of sp³-hybridized carbons (Fsp3) is 0.154. The second-order valence-corrected chi connectivity index (χ2v) is 6.21. The lowest BCUT2D eigenvalue weighted by Crippen LogP contribution is -2.48. The smallest absolute Gasteiger partial charge is 0.266 e. The van der Waals surface area contributed by atoms with Crippen LogP contribution in [0.4, 0.5) is 0 Å². The number of thioether (sulfide) groups is 1. The van der Waals surface area contributed by atoms with Crippen LogP contribution in [-0.2, 0) is 9.59 Å². The number of carboxylic acid groups (broad SMARTS) is 1. The van der Waals surface area contributed by atoms with Crippen molar-refractivity contribution in [1.29, 1.82) is 0 Å². The molecule has 1 aromatic carbocycles. The number of benzene rings is 1. The minimum atomic E-state index is -1.34. The quantitative estimate of drug-likeness (QED) is 0.625. The van der Waals surface area contributed by atoms with Gasteiger partial charge in [-0.05, 0) is 30.7 Å². The Balaban J connectivity index is 2.28. The molecule has 0 bridgehead atoms. The molecule has 0 N–H and O–H groups in total. The van der Waals surface area contributed by atoms with E-state index in [0.717, 1.165) is 22.2 Å². The van der Waals surface area contributed by atoms with Gasteiger partial charge in [0.15, 0.2) is 0 Å². The van der Waals surface area contributed by atoms with Crippen molar-refractivity contribution < 1.29 is 14.7 Å². The summed E-state index contributed by atoms with van der Waals surface area (Å²) in [7, 11) is 0. The number of carboxylic acids is 1. The molecule has 0 radical (unpaired) electrons. The minimum absolute atomic E-state index is 0.215. The maximum absolute atomic E-state index is 12.2. The summed E-state index contributed by atoms with van der Waals surface area (Å²) in [5.74, 6) is -1.76. The number of halogens is 1. The fourth-order valence-electron chi connectivity index (χ4n) is 1.63. The molecule has 1 aliphatic rings. The number of hydrogen-bond acceptors (Lipinski definition) is 5. The van der Waals surface area contributed by atoms with Crippen molar-refractivity contribution in [2.45, 2.75) is 13.0 Å². The van der Waals surface area contributed by atoms with E-state index in [1.54, 1.807) is 30.3 Å². The molecule has 0 aromatic heterocycles. The first-order chi connectivity index (χ1) is 9.40. The van der Waals surface area contributed by atoms with Gasteiger partial charge >= 0.3 is 0 Å². The second kappa shape index (κ2) is 5.95. The molecule has 1 atom stereocenters. The zero-order chi connectivity index (χ0) is 14.9. The van der Waals surface area contributed by atoms with Gasteiger partial charge in [0.2, 0.25) is 0 Å². The highest BCUT2D eigenvalue weighted by Crippen LogP contribution is 2.33. The van der Waals surface area contributed by atoms with E-state index < -0.39 is 17.9 Å². The summed E-state index contributed by atoms with van der Waals surface area (Å²) < 4.78 is 0.215. The third-order valence-corrected chi connectivity index (χ3v) is 4.30. The zero-order valence-electron chi connectivity index (χ0n) is 10.3. The van der Waals surface area contributed by atoms with Crippen LogP contribution in [0.1, 0.15) is 12.5 Å². The molecular weight excluding hydrogens is 318 g/mol. The van der Waals surface area contributed by atoms with E-state index in [-0.39, 0.29) is 4.32 Å². The summed E-state index contributed by atoms with van der Waals surface area (Å²) in [6, 6.07) is 5.85. The predicted octanol–water partition coefficient (Wildman–Crippen LogP) is 1.68. The molecule has 104 valence electrons. The van der Waals surface area contributed by atoms with E-state index in [4.69, 9.17) is 23.8 Å². The monoisotopic (exact) mass is 326 g/mol. The van der Waals surface area contributed by atoms with Crippen LogP contribution >= 0.6 is 35.6 Å². The molecule has 1 heterocycles. The van der Waals surface area contributed by atoms with Gasteiger partial charge in [0, 0.05) is 5.02 Å². The standard InChI is InChI=1S/C13H10ClNO3S2/c1-7(12(17)18)15-11(16)10(20-13(15)19)6-8-2-4-9(14)5-3-8/h2-7H,1H3,(H,17,18)/p-1/b10-6+/t7-/m1/s1. The van der Waals surface area contributed by atoms with Gasteiger partial charge < -0.3 is 9.90 Å². The topological polar surface area (TPSA) is 60.4 Å². The van der Waals surface area contributed by atoms with Crippen LogP contribution in [-0.4, -0.2) is 27.1 Å². The number of rotatable bonds is 3. The van der Waals surface area contributed by atoms with Gasteiger partial charge in [-0.2, -0.15) is 0 Å². The van der Waals surface area contributed by atoms with Crippen molar-refractivity contribution in [2.24, 2.45) is 0 Å². The number of carbonyl (C=O) groups is 2. The number of thiocarbonyl (C=S) groups is 1. The van der Waals surface area contributed by atoms with Gasteiger partial charge in [0.05, 0.1) is 16.9 Å². The van der Waals surface area contributed by atoms with Crippen molar-refractivity contribution in [2.75, 3.05) is 0 Å². The molecule has 1 aliphatic heterocycles. The maximum Gasteiger partial charge on any atom is 0.266 e. The molecule has 0 aliphatic carbocycles. The predicted molar refractivity (Wildman–Crippen MR) is 80.9 cm³/mol. The van der Waals surface area contributed by atoms with Crippen LogP contribution < -0.4 is 5.11 Å². The lowest BCUT2D eigenvalue weighted by molar-refractivity contribution is -0.309. The van der Waals surface area contributed by atoms with E-state index >= 15 is 0 Å². The average Bonchev–Trinajstić information content (AvgIpc) is 2.66. The molecule has 0 spiro atoms. The number of aliphatic carboxylic acids is 1.